The molecule has 0 aromatic heterocycles. The SMILES string of the molecule is COc1ccc(C2C(C(N)=S)C2S(C)(=O)=O)cc1. The van der Waals surface area contributed by atoms with Crippen molar-refractivity contribution in [3.8, 4) is 5.75 Å². The van der Waals surface area contributed by atoms with E-state index in [1.165, 1.54) is 6.26 Å². The molecule has 1 aliphatic carbocycles. The molecule has 98 valence electrons. The average Bonchev–Trinajstić information content (AvgIpc) is 3.04. The number of thiocarbonyl (C=S) groups is 1. The van der Waals surface area contributed by atoms with E-state index in [9.17, 15) is 8.42 Å². The molecular weight excluding hydrogens is 270 g/mol. The summed E-state index contributed by atoms with van der Waals surface area (Å²) in [6.07, 6.45) is 1.23. The highest BCUT2D eigenvalue weighted by Gasteiger charge is 2.58. The Hall–Kier alpha value is -1.14. The molecule has 0 amide bonds. The van der Waals surface area contributed by atoms with Crippen molar-refractivity contribution in [3.63, 3.8) is 0 Å². The molecule has 3 atom stereocenters. The van der Waals surface area contributed by atoms with E-state index in [4.69, 9.17) is 22.7 Å². The van der Waals surface area contributed by atoms with Gasteiger partial charge >= 0.3 is 0 Å². The number of methoxy groups -OCH3 is 1. The summed E-state index contributed by atoms with van der Waals surface area (Å²) in [5.74, 6) is 0.369. The van der Waals surface area contributed by atoms with Crippen LogP contribution in [0.25, 0.3) is 0 Å². The van der Waals surface area contributed by atoms with Crippen molar-refractivity contribution in [1.29, 1.82) is 0 Å². The van der Waals surface area contributed by atoms with Gasteiger partial charge in [0, 0.05) is 18.1 Å². The van der Waals surface area contributed by atoms with Crippen LogP contribution in [0.15, 0.2) is 24.3 Å². The number of hydrogen-bond acceptors (Lipinski definition) is 4. The second-order valence-corrected chi connectivity index (χ2v) is 7.20. The van der Waals surface area contributed by atoms with Crippen LogP contribution in [0.1, 0.15) is 11.5 Å². The zero-order valence-electron chi connectivity index (χ0n) is 10.2. The van der Waals surface area contributed by atoms with Gasteiger partial charge in [-0.2, -0.15) is 0 Å². The fourth-order valence-corrected chi connectivity index (χ4v) is 4.37. The van der Waals surface area contributed by atoms with Gasteiger partial charge in [0.15, 0.2) is 9.84 Å². The van der Waals surface area contributed by atoms with Crippen molar-refractivity contribution >= 4 is 27.0 Å². The van der Waals surface area contributed by atoms with Crippen LogP contribution < -0.4 is 10.5 Å². The lowest BCUT2D eigenvalue weighted by Crippen LogP contribution is -2.16. The van der Waals surface area contributed by atoms with Crippen LogP contribution in [-0.4, -0.2) is 32.0 Å². The van der Waals surface area contributed by atoms with Crippen LogP contribution >= 0.6 is 12.2 Å². The number of ether oxygens (including phenoxy) is 1. The minimum Gasteiger partial charge on any atom is -0.497 e. The number of nitrogens with two attached hydrogens (primary N) is 1. The number of sulfone groups is 1. The van der Waals surface area contributed by atoms with Gasteiger partial charge in [-0.1, -0.05) is 24.4 Å². The highest BCUT2D eigenvalue weighted by Crippen LogP contribution is 2.52. The molecule has 0 spiro atoms. The van der Waals surface area contributed by atoms with E-state index in [-0.39, 0.29) is 16.8 Å². The van der Waals surface area contributed by atoms with E-state index in [1.807, 2.05) is 24.3 Å². The Morgan fingerprint density at radius 1 is 1.33 bits per heavy atom. The monoisotopic (exact) mass is 285 g/mol. The zero-order valence-corrected chi connectivity index (χ0v) is 11.8. The molecule has 1 aromatic carbocycles. The lowest BCUT2D eigenvalue weighted by atomic mass is 10.1. The molecule has 1 saturated carbocycles. The predicted octanol–water partition coefficient (Wildman–Crippen LogP) is 1.11. The summed E-state index contributed by atoms with van der Waals surface area (Å²) in [6, 6.07) is 7.34. The molecule has 4 nitrogen and oxygen atoms in total. The minimum atomic E-state index is -3.14. The Morgan fingerprint density at radius 2 is 1.89 bits per heavy atom. The van der Waals surface area contributed by atoms with Gasteiger partial charge in [-0.3, -0.25) is 0 Å². The lowest BCUT2D eigenvalue weighted by molar-refractivity contribution is 0.414. The summed E-state index contributed by atoms with van der Waals surface area (Å²) in [5, 5.41) is -0.483. The Bertz CT molecular complexity index is 565. The molecule has 0 bridgehead atoms. The van der Waals surface area contributed by atoms with Gasteiger partial charge in [-0.15, -0.1) is 0 Å². The second-order valence-electron chi connectivity index (χ2n) is 4.52. The highest BCUT2D eigenvalue weighted by molar-refractivity contribution is 7.91. The van der Waals surface area contributed by atoms with E-state index >= 15 is 0 Å². The van der Waals surface area contributed by atoms with E-state index in [1.54, 1.807) is 7.11 Å². The molecule has 6 heteroatoms. The third-order valence-electron chi connectivity index (χ3n) is 3.28. The second kappa shape index (κ2) is 4.51. The van der Waals surface area contributed by atoms with Gasteiger partial charge in [0.1, 0.15) is 5.75 Å². The maximum atomic E-state index is 11.7. The quantitative estimate of drug-likeness (QED) is 0.839. The minimum absolute atomic E-state index is 0.122. The molecule has 0 aliphatic heterocycles. The summed E-state index contributed by atoms with van der Waals surface area (Å²) in [4.78, 5) is 0.270. The van der Waals surface area contributed by atoms with E-state index in [2.05, 4.69) is 0 Å². The van der Waals surface area contributed by atoms with Gasteiger partial charge in [-0.05, 0) is 17.7 Å². The van der Waals surface area contributed by atoms with Crippen molar-refractivity contribution in [1.82, 2.24) is 0 Å². The van der Waals surface area contributed by atoms with Gasteiger partial charge in [-0.25, -0.2) is 8.42 Å². The molecule has 2 N–H and O–H groups in total. The molecule has 0 saturated heterocycles. The predicted molar refractivity (Wildman–Crippen MR) is 74.6 cm³/mol. The van der Waals surface area contributed by atoms with Gasteiger partial charge < -0.3 is 10.5 Å². The lowest BCUT2D eigenvalue weighted by Gasteiger charge is -2.02. The van der Waals surface area contributed by atoms with E-state index in [0.29, 0.717) is 0 Å². The van der Waals surface area contributed by atoms with Crippen molar-refractivity contribution in [3.05, 3.63) is 29.8 Å². The first-order valence-corrected chi connectivity index (χ1v) is 7.84. The van der Waals surface area contributed by atoms with Crippen LogP contribution in [0.2, 0.25) is 0 Å². The fraction of sp³-hybridized carbons (Fsp3) is 0.417. The van der Waals surface area contributed by atoms with Crippen LogP contribution in [0, 0.1) is 5.92 Å². The first-order chi connectivity index (χ1) is 8.36. The fourth-order valence-electron chi connectivity index (χ4n) is 2.38. The highest BCUT2D eigenvalue weighted by atomic mass is 32.2. The van der Waals surface area contributed by atoms with Crippen molar-refractivity contribution in [2.24, 2.45) is 11.7 Å². The molecule has 0 heterocycles. The maximum absolute atomic E-state index is 11.7. The zero-order chi connectivity index (χ0) is 13.5. The summed E-state index contributed by atoms with van der Waals surface area (Å²) in [7, 11) is -1.55. The molecule has 3 unspecified atom stereocenters. The van der Waals surface area contributed by atoms with E-state index < -0.39 is 15.1 Å². The number of benzene rings is 1. The largest absolute Gasteiger partial charge is 0.497 e. The average molecular weight is 285 g/mol. The normalized spacial score (nSPS) is 26.7. The first-order valence-electron chi connectivity index (χ1n) is 5.48. The van der Waals surface area contributed by atoms with Crippen LogP contribution in [-0.2, 0) is 9.84 Å². The van der Waals surface area contributed by atoms with Gasteiger partial charge in [0.05, 0.1) is 17.3 Å². The Labute approximate surface area is 112 Å². The van der Waals surface area contributed by atoms with Crippen LogP contribution in [0.5, 0.6) is 5.75 Å². The summed E-state index contributed by atoms with van der Waals surface area (Å²) < 4.78 is 28.4. The van der Waals surface area contributed by atoms with Gasteiger partial charge in [0.25, 0.3) is 0 Å². The summed E-state index contributed by atoms with van der Waals surface area (Å²) >= 11 is 4.94. The molecule has 0 radical (unpaired) electrons. The molecule has 2 rings (SSSR count). The van der Waals surface area contributed by atoms with Crippen molar-refractivity contribution in [2.75, 3.05) is 13.4 Å². The van der Waals surface area contributed by atoms with Gasteiger partial charge in [0.2, 0.25) is 0 Å². The smallest absolute Gasteiger partial charge is 0.151 e. The summed E-state index contributed by atoms with van der Waals surface area (Å²) in [6.45, 7) is 0. The van der Waals surface area contributed by atoms with Crippen LogP contribution in [0.3, 0.4) is 0 Å². The topological polar surface area (TPSA) is 69.4 Å². The Balaban J connectivity index is 2.30. The molecular formula is C12H15NO3S2. The number of rotatable bonds is 4. The van der Waals surface area contributed by atoms with Crippen LogP contribution in [0.4, 0.5) is 0 Å². The third kappa shape index (κ3) is 2.35. The standard InChI is InChI=1S/C12H15NO3S2/c1-16-8-5-3-7(4-6-8)9-10(12(13)17)11(9)18(2,14)15/h3-6,9-11H,1-2H3,(H2,13,17). The number of hydrogen-bond donors (Lipinski definition) is 1. The molecule has 1 aromatic rings. The summed E-state index contributed by atoms with van der Waals surface area (Å²) in [5.41, 5.74) is 6.55. The molecule has 1 aliphatic rings. The first kappa shape index (κ1) is 13.3. The third-order valence-corrected chi connectivity index (χ3v) is 5.12. The van der Waals surface area contributed by atoms with Crippen molar-refractivity contribution < 1.29 is 13.2 Å². The van der Waals surface area contributed by atoms with E-state index in [0.717, 1.165) is 11.3 Å². The maximum Gasteiger partial charge on any atom is 0.151 e. The van der Waals surface area contributed by atoms with Crippen molar-refractivity contribution in [2.45, 2.75) is 11.2 Å². The Morgan fingerprint density at radius 3 is 2.22 bits per heavy atom. The molecule has 1 fully saturated rings. The Kier molecular flexibility index (Phi) is 3.33. The molecule has 18 heavy (non-hydrogen) atoms.